The number of carbonyl (C=O) groups is 3. The Labute approximate surface area is 172 Å². The first-order valence-electron chi connectivity index (χ1n) is 9.43. The topological polar surface area (TPSA) is 103 Å². The number of carbonyl (C=O) groups excluding carboxylic acids is 3. The Bertz CT molecular complexity index is 991. The average Bonchev–Trinajstić information content (AvgIpc) is 3.21. The highest BCUT2D eigenvalue weighted by Crippen LogP contribution is 2.34. The molecular weight excluding hydrogens is 392 g/mol. The molecule has 1 atom stereocenters. The molecule has 1 N–H and O–H groups in total. The van der Waals surface area contributed by atoms with Crippen LogP contribution in [0.1, 0.15) is 13.3 Å². The van der Waals surface area contributed by atoms with E-state index in [1.807, 2.05) is 6.07 Å². The normalized spacial score (nSPS) is 15.1. The summed E-state index contributed by atoms with van der Waals surface area (Å²) in [7, 11) is 0. The quantitative estimate of drug-likeness (QED) is 0.725. The third-order valence-electron chi connectivity index (χ3n) is 4.67. The van der Waals surface area contributed by atoms with Crippen LogP contribution in [0.3, 0.4) is 0 Å². The number of nitrogens with zero attached hydrogens (tertiary/aromatic N) is 1. The fourth-order valence-electron chi connectivity index (χ4n) is 3.13. The molecule has 0 bridgehead atoms. The summed E-state index contributed by atoms with van der Waals surface area (Å²) in [4.78, 5) is 38.2. The second kappa shape index (κ2) is 8.32. The van der Waals surface area contributed by atoms with E-state index in [1.165, 1.54) is 11.8 Å². The van der Waals surface area contributed by atoms with Crippen molar-refractivity contribution < 1.29 is 33.3 Å². The molecule has 30 heavy (non-hydrogen) atoms. The van der Waals surface area contributed by atoms with Crippen molar-refractivity contribution in [2.75, 3.05) is 30.2 Å². The van der Waals surface area contributed by atoms with E-state index >= 15 is 0 Å². The molecule has 156 valence electrons. The van der Waals surface area contributed by atoms with Crippen LogP contribution in [-0.2, 0) is 19.1 Å². The summed E-state index contributed by atoms with van der Waals surface area (Å²) in [5.41, 5.74) is 1.11. The first-order chi connectivity index (χ1) is 14.5. The summed E-state index contributed by atoms with van der Waals surface area (Å²) in [6.45, 7) is 1.67. The highest BCUT2D eigenvalue weighted by atomic mass is 16.7. The Morgan fingerprint density at radius 3 is 2.77 bits per heavy atom. The van der Waals surface area contributed by atoms with Crippen LogP contribution < -0.4 is 24.4 Å². The van der Waals surface area contributed by atoms with Gasteiger partial charge in [0.1, 0.15) is 5.75 Å². The highest BCUT2D eigenvalue weighted by molar-refractivity contribution is 5.98. The minimum absolute atomic E-state index is 0.0539. The number of amides is 2. The molecule has 0 saturated carbocycles. The van der Waals surface area contributed by atoms with E-state index in [9.17, 15) is 14.4 Å². The largest absolute Gasteiger partial charge is 0.482 e. The van der Waals surface area contributed by atoms with Gasteiger partial charge in [-0.3, -0.25) is 14.4 Å². The second-order valence-corrected chi connectivity index (χ2v) is 6.74. The van der Waals surface area contributed by atoms with Gasteiger partial charge in [-0.05, 0) is 31.2 Å². The zero-order chi connectivity index (χ0) is 21.1. The van der Waals surface area contributed by atoms with Crippen LogP contribution >= 0.6 is 0 Å². The first-order valence-corrected chi connectivity index (χ1v) is 9.43. The van der Waals surface area contributed by atoms with Gasteiger partial charge >= 0.3 is 5.97 Å². The first kappa shape index (κ1) is 19.6. The van der Waals surface area contributed by atoms with Gasteiger partial charge in [-0.25, -0.2) is 0 Å². The standard InChI is InChI=1S/C21H20N2O7/c1-13(21(26)22-14-6-7-17-18(10-14)29-12-28-17)30-20(25)8-9-23-15-4-2-3-5-16(15)27-11-19(23)24/h2-7,10,13H,8-9,11-12H2,1H3,(H,22,26)/t13-/m0/s1. The Morgan fingerprint density at radius 2 is 1.90 bits per heavy atom. The summed E-state index contributed by atoms with van der Waals surface area (Å²) in [6.07, 6.45) is -1.06. The fourth-order valence-corrected chi connectivity index (χ4v) is 3.13. The smallest absolute Gasteiger partial charge is 0.308 e. The maximum Gasteiger partial charge on any atom is 0.308 e. The maximum atomic E-state index is 12.3. The lowest BCUT2D eigenvalue weighted by Crippen LogP contribution is -2.40. The number of fused-ring (bicyclic) bond motifs is 2. The van der Waals surface area contributed by atoms with Gasteiger partial charge in [-0.15, -0.1) is 0 Å². The molecule has 2 aliphatic rings. The van der Waals surface area contributed by atoms with Gasteiger partial charge < -0.3 is 29.2 Å². The third-order valence-corrected chi connectivity index (χ3v) is 4.67. The molecule has 2 aliphatic heterocycles. The number of hydrogen-bond donors (Lipinski definition) is 1. The number of benzene rings is 2. The Kier molecular flexibility index (Phi) is 5.42. The lowest BCUT2D eigenvalue weighted by Gasteiger charge is -2.29. The zero-order valence-electron chi connectivity index (χ0n) is 16.3. The molecule has 0 aromatic heterocycles. The molecule has 2 aromatic carbocycles. The lowest BCUT2D eigenvalue weighted by molar-refractivity contribution is -0.153. The van der Waals surface area contributed by atoms with Crippen molar-refractivity contribution in [3.63, 3.8) is 0 Å². The monoisotopic (exact) mass is 412 g/mol. The van der Waals surface area contributed by atoms with Crippen molar-refractivity contribution in [1.29, 1.82) is 0 Å². The molecule has 0 spiro atoms. The Morgan fingerprint density at radius 1 is 1.10 bits per heavy atom. The molecule has 0 fully saturated rings. The number of rotatable bonds is 6. The number of ether oxygens (including phenoxy) is 4. The number of nitrogens with one attached hydrogen (secondary N) is 1. The van der Waals surface area contributed by atoms with E-state index in [0.29, 0.717) is 28.6 Å². The van der Waals surface area contributed by atoms with Crippen molar-refractivity contribution in [3.05, 3.63) is 42.5 Å². The summed E-state index contributed by atoms with van der Waals surface area (Å²) in [5.74, 6) is 0.423. The molecule has 9 heteroatoms. The molecule has 9 nitrogen and oxygen atoms in total. The van der Waals surface area contributed by atoms with E-state index in [0.717, 1.165) is 0 Å². The molecule has 0 radical (unpaired) electrons. The van der Waals surface area contributed by atoms with Gasteiger partial charge in [0.2, 0.25) is 6.79 Å². The minimum atomic E-state index is -1.00. The van der Waals surface area contributed by atoms with Crippen LogP contribution in [0.4, 0.5) is 11.4 Å². The van der Waals surface area contributed by atoms with Crippen LogP contribution in [0.2, 0.25) is 0 Å². The van der Waals surface area contributed by atoms with Crippen LogP contribution in [0.15, 0.2) is 42.5 Å². The average molecular weight is 412 g/mol. The predicted molar refractivity (Wildman–Crippen MR) is 106 cm³/mol. The number of hydrogen-bond acceptors (Lipinski definition) is 7. The molecule has 0 saturated heterocycles. The zero-order valence-corrected chi connectivity index (χ0v) is 16.3. The molecule has 0 unspecified atom stereocenters. The molecule has 2 amide bonds. The minimum Gasteiger partial charge on any atom is -0.482 e. The van der Waals surface area contributed by atoms with Crippen molar-refractivity contribution in [2.24, 2.45) is 0 Å². The predicted octanol–water partition coefficient (Wildman–Crippen LogP) is 2.10. The summed E-state index contributed by atoms with van der Waals surface area (Å²) in [5, 5.41) is 2.67. The lowest BCUT2D eigenvalue weighted by atomic mass is 10.2. The SMILES string of the molecule is C[C@H](OC(=O)CCN1C(=O)COc2ccccc21)C(=O)Nc1ccc2c(c1)OCO2. The van der Waals surface area contributed by atoms with Gasteiger partial charge in [0, 0.05) is 18.3 Å². The maximum absolute atomic E-state index is 12.3. The van der Waals surface area contributed by atoms with Crippen LogP contribution in [-0.4, -0.2) is 43.8 Å². The van der Waals surface area contributed by atoms with E-state index in [-0.39, 0.29) is 32.3 Å². The van der Waals surface area contributed by atoms with Crippen LogP contribution in [0.25, 0.3) is 0 Å². The van der Waals surface area contributed by atoms with Gasteiger partial charge in [-0.2, -0.15) is 0 Å². The highest BCUT2D eigenvalue weighted by Gasteiger charge is 2.26. The van der Waals surface area contributed by atoms with Gasteiger partial charge in [0.25, 0.3) is 11.8 Å². The summed E-state index contributed by atoms with van der Waals surface area (Å²) >= 11 is 0. The molecule has 0 aliphatic carbocycles. The number of esters is 1. The third kappa shape index (κ3) is 4.14. The molecule has 4 rings (SSSR count). The van der Waals surface area contributed by atoms with Crippen LogP contribution in [0, 0.1) is 0 Å². The second-order valence-electron chi connectivity index (χ2n) is 6.74. The summed E-state index contributed by atoms with van der Waals surface area (Å²) < 4.78 is 21.1. The van der Waals surface area contributed by atoms with Gasteiger partial charge in [0.15, 0.2) is 24.2 Å². The number of anilines is 2. The number of para-hydroxylation sites is 2. The van der Waals surface area contributed by atoms with E-state index in [2.05, 4.69) is 5.32 Å². The Hall–Kier alpha value is -3.75. The van der Waals surface area contributed by atoms with E-state index in [4.69, 9.17) is 18.9 Å². The van der Waals surface area contributed by atoms with Gasteiger partial charge in [-0.1, -0.05) is 12.1 Å². The van der Waals surface area contributed by atoms with Gasteiger partial charge in [0.05, 0.1) is 12.1 Å². The van der Waals surface area contributed by atoms with Crippen molar-refractivity contribution >= 4 is 29.2 Å². The summed E-state index contributed by atoms with van der Waals surface area (Å²) in [6, 6.07) is 12.1. The Balaban J connectivity index is 1.29. The van der Waals surface area contributed by atoms with Crippen LogP contribution in [0.5, 0.6) is 17.2 Å². The van der Waals surface area contributed by atoms with E-state index < -0.39 is 18.0 Å². The fraction of sp³-hybridized carbons (Fsp3) is 0.286. The van der Waals surface area contributed by atoms with Crippen molar-refractivity contribution in [2.45, 2.75) is 19.4 Å². The van der Waals surface area contributed by atoms with Crippen molar-refractivity contribution in [1.82, 2.24) is 0 Å². The van der Waals surface area contributed by atoms with E-state index in [1.54, 1.807) is 36.4 Å². The molecular formula is C21H20N2O7. The molecule has 2 aromatic rings. The van der Waals surface area contributed by atoms with Crippen molar-refractivity contribution in [3.8, 4) is 17.2 Å². The molecule has 2 heterocycles.